The highest BCUT2D eigenvalue weighted by Gasteiger charge is 2.30. The van der Waals surface area contributed by atoms with Crippen molar-refractivity contribution in [3.05, 3.63) is 97.2 Å². The number of allylic oxidation sites excluding steroid dienone is 16. The van der Waals surface area contributed by atoms with Gasteiger partial charge in [-0.25, -0.2) is 9.13 Å². The molecular weight excluding hydrogens is 1260 g/mol. The maximum Gasteiger partial charge on any atom is 0.472 e. The van der Waals surface area contributed by atoms with E-state index < -0.39 is 97.5 Å². The molecule has 17 nitrogen and oxygen atoms in total. The van der Waals surface area contributed by atoms with E-state index in [0.717, 1.165) is 186 Å². The Morgan fingerprint density at radius 2 is 0.552 bits per heavy atom. The average Bonchev–Trinajstić information content (AvgIpc) is 1.56. The Morgan fingerprint density at radius 3 is 0.875 bits per heavy atom. The van der Waals surface area contributed by atoms with E-state index in [9.17, 15) is 43.2 Å². The van der Waals surface area contributed by atoms with Crippen LogP contribution in [0.5, 0.6) is 0 Å². The van der Waals surface area contributed by atoms with Crippen molar-refractivity contribution in [2.24, 2.45) is 0 Å². The molecule has 5 atom stereocenters. The van der Waals surface area contributed by atoms with Gasteiger partial charge in [0.2, 0.25) is 0 Å². The fraction of sp³-hybridized carbons (Fsp3) is 0.740. The Bertz CT molecular complexity index is 2200. The third-order valence-electron chi connectivity index (χ3n) is 15.5. The van der Waals surface area contributed by atoms with Crippen LogP contribution in [-0.4, -0.2) is 96.7 Å². The van der Waals surface area contributed by atoms with Crippen molar-refractivity contribution in [3.8, 4) is 0 Å². The second kappa shape index (κ2) is 69.5. The number of phosphoric ester groups is 2. The predicted molar refractivity (Wildman–Crippen MR) is 390 cm³/mol. The number of aliphatic hydroxyl groups is 1. The van der Waals surface area contributed by atoms with Crippen molar-refractivity contribution in [1.29, 1.82) is 0 Å². The molecular formula is C77H134O17P2. The molecule has 0 aliphatic rings. The standard InChI is InChI=1S/C77H134O17P2/c1-5-9-13-17-21-25-29-31-33-34-35-36-38-40-44-46-50-54-58-62-75(80)88-68-73(94-77(82)64-60-56-52-48-42-28-24-20-16-12-8-4)70-92-96(85,86)90-66-71(78)65-89-95(83,84)91-69-72(93-76(81)63-59-55-51-47-41-27-23-19-15-11-7-3)67-87-74(79)61-57-53-49-45-43-39-37-32-30-26-22-18-14-10-6-2/h10,14,19-26,31-33,35-37,71-73,78H,5-9,11-13,15-18,27-30,34,38-70H2,1-4H3,(H,83,84)(H,85,86)/b14-10-,23-19-,24-20-,25-21-,26-22-,33-31-,36-35-,37-32-. The van der Waals surface area contributed by atoms with Crippen LogP contribution >= 0.6 is 15.6 Å². The minimum absolute atomic E-state index is 0.0803. The number of hydrogen-bond donors (Lipinski definition) is 3. The molecule has 0 saturated heterocycles. The van der Waals surface area contributed by atoms with Gasteiger partial charge < -0.3 is 33.8 Å². The summed E-state index contributed by atoms with van der Waals surface area (Å²) < 4.78 is 68.3. The zero-order valence-corrected chi connectivity index (χ0v) is 62.1. The molecule has 0 aliphatic carbocycles. The number of carbonyl (C=O) groups is 4. The van der Waals surface area contributed by atoms with Gasteiger partial charge in [0.1, 0.15) is 19.3 Å². The maximum atomic E-state index is 13.0. The zero-order valence-electron chi connectivity index (χ0n) is 60.3. The van der Waals surface area contributed by atoms with Gasteiger partial charge in [-0.15, -0.1) is 0 Å². The highest BCUT2D eigenvalue weighted by Crippen LogP contribution is 2.45. The lowest BCUT2D eigenvalue weighted by molar-refractivity contribution is -0.161. The van der Waals surface area contributed by atoms with Crippen molar-refractivity contribution in [1.82, 2.24) is 0 Å². The van der Waals surface area contributed by atoms with E-state index in [0.29, 0.717) is 25.7 Å². The Labute approximate surface area is 582 Å². The average molecular weight is 1390 g/mol. The van der Waals surface area contributed by atoms with Gasteiger partial charge in [-0.05, 0) is 135 Å². The van der Waals surface area contributed by atoms with E-state index in [4.69, 9.17) is 37.0 Å². The van der Waals surface area contributed by atoms with Crippen LogP contribution < -0.4 is 0 Å². The van der Waals surface area contributed by atoms with Gasteiger partial charge >= 0.3 is 39.5 Å². The van der Waals surface area contributed by atoms with Gasteiger partial charge in [-0.2, -0.15) is 0 Å². The number of carbonyl (C=O) groups excluding carboxylic acids is 4. The molecule has 0 rings (SSSR count). The Hall–Kier alpha value is -4.02. The topological polar surface area (TPSA) is 237 Å². The Balaban J connectivity index is 5.29. The number of rotatable bonds is 70. The normalized spacial score (nSPS) is 14.5. The third-order valence-corrected chi connectivity index (χ3v) is 17.4. The first-order chi connectivity index (χ1) is 46.7. The summed E-state index contributed by atoms with van der Waals surface area (Å²) in [6, 6.07) is 0. The number of aliphatic hydroxyl groups excluding tert-OH is 1. The van der Waals surface area contributed by atoms with Crippen molar-refractivity contribution in [2.75, 3.05) is 39.6 Å². The SMILES string of the molecule is CC/C=C\C/C=C\C/C=C\CCCCCCCC(=O)OCC(COP(=O)(O)OCC(O)COP(=O)(O)OCC(COC(=O)CCCCCCCC/C=C\C/C=C\C/C=C\CCCCC)OC(=O)CCCCCCC/C=C\CCCC)OC(=O)CCCCCCC/C=C\CCCC. The van der Waals surface area contributed by atoms with Gasteiger partial charge in [0.25, 0.3) is 0 Å². The molecule has 19 heteroatoms. The van der Waals surface area contributed by atoms with Gasteiger partial charge in [-0.3, -0.25) is 37.3 Å². The first kappa shape index (κ1) is 92.0. The largest absolute Gasteiger partial charge is 0.472 e. The Kier molecular flexibility index (Phi) is 66.6. The lowest BCUT2D eigenvalue weighted by atomic mass is 10.1. The fourth-order valence-corrected chi connectivity index (χ4v) is 11.3. The number of hydrogen-bond acceptors (Lipinski definition) is 15. The van der Waals surface area contributed by atoms with Crippen LogP contribution in [0.25, 0.3) is 0 Å². The fourth-order valence-electron chi connectivity index (χ4n) is 9.73. The third kappa shape index (κ3) is 68.5. The summed E-state index contributed by atoms with van der Waals surface area (Å²) in [5.41, 5.74) is 0. The second-order valence-electron chi connectivity index (χ2n) is 24.8. The van der Waals surface area contributed by atoms with E-state index in [1.165, 1.54) is 44.9 Å². The van der Waals surface area contributed by atoms with Crippen molar-refractivity contribution >= 4 is 39.5 Å². The van der Waals surface area contributed by atoms with E-state index >= 15 is 0 Å². The van der Waals surface area contributed by atoms with Gasteiger partial charge in [0.15, 0.2) is 12.2 Å². The van der Waals surface area contributed by atoms with Crippen LogP contribution in [0.15, 0.2) is 97.2 Å². The van der Waals surface area contributed by atoms with E-state index in [1.54, 1.807) is 0 Å². The summed E-state index contributed by atoms with van der Waals surface area (Å²) in [5.74, 6) is -2.22. The second-order valence-corrected chi connectivity index (χ2v) is 27.8. The minimum Gasteiger partial charge on any atom is -0.462 e. The van der Waals surface area contributed by atoms with E-state index in [-0.39, 0.29) is 25.7 Å². The van der Waals surface area contributed by atoms with E-state index in [2.05, 4.69) is 125 Å². The first-order valence-electron chi connectivity index (χ1n) is 37.5. The van der Waals surface area contributed by atoms with Crippen LogP contribution in [0.2, 0.25) is 0 Å². The quantitative estimate of drug-likeness (QED) is 0.0169. The molecule has 5 unspecified atom stereocenters. The highest BCUT2D eigenvalue weighted by molar-refractivity contribution is 7.47. The van der Waals surface area contributed by atoms with Crippen LogP contribution in [-0.2, 0) is 65.4 Å². The molecule has 0 radical (unpaired) electrons. The smallest absolute Gasteiger partial charge is 0.462 e. The number of esters is 4. The zero-order chi connectivity index (χ0) is 70.4. The molecule has 0 aromatic rings. The molecule has 96 heavy (non-hydrogen) atoms. The van der Waals surface area contributed by atoms with Crippen molar-refractivity contribution in [2.45, 2.75) is 329 Å². The van der Waals surface area contributed by atoms with Crippen molar-refractivity contribution < 1.29 is 80.2 Å². The monoisotopic (exact) mass is 1390 g/mol. The van der Waals surface area contributed by atoms with Crippen LogP contribution in [0.3, 0.4) is 0 Å². The summed E-state index contributed by atoms with van der Waals surface area (Å²) in [5, 5.41) is 10.6. The number of ether oxygens (including phenoxy) is 4. The van der Waals surface area contributed by atoms with Crippen LogP contribution in [0, 0.1) is 0 Å². The first-order valence-corrected chi connectivity index (χ1v) is 40.5. The molecule has 0 spiro atoms. The molecule has 0 aromatic carbocycles. The number of unbranched alkanes of at least 4 members (excludes halogenated alkanes) is 28. The molecule has 0 bridgehead atoms. The molecule has 3 N–H and O–H groups in total. The molecule has 554 valence electrons. The molecule has 0 aromatic heterocycles. The highest BCUT2D eigenvalue weighted by atomic mass is 31.2. The predicted octanol–water partition coefficient (Wildman–Crippen LogP) is 21.2. The molecule has 0 aliphatic heterocycles. The Morgan fingerprint density at radius 1 is 0.302 bits per heavy atom. The lowest BCUT2D eigenvalue weighted by Crippen LogP contribution is -2.30. The van der Waals surface area contributed by atoms with E-state index in [1.807, 2.05) is 0 Å². The lowest BCUT2D eigenvalue weighted by Gasteiger charge is -2.21. The molecule has 0 heterocycles. The molecule has 0 saturated carbocycles. The van der Waals surface area contributed by atoms with Gasteiger partial charge in [0, 0.05) is 25.7 Å². The molecule has 0 fully saturated rings. The summed E-state index contributed by atoms with van der Waals surface area (Å²) in [7, 11) is -9.95. The summed E-state index contributed by atoms with van der Waals surface area (Å²) in [4.78, 5) is 72.7. The van der Waals surface area contributed by atoms with Crippen LogP contribution in [0.4, 0.5) is 0 Å². The molecule has 0 amide bonds. The summed E-state index contributed by atoms with van der Waals surface area (Å²) in [6.45, 7) is 4.61. The number of phosphoric acid groups is 2. The minimum atomic E-state index is -4.97. The van der Waals surface area contributed by atoms with Crippen molar-refractivity contribution in [3.63, 3.8) is 0 Å². The van der Waals surface area contributed by atoms with Gasteiger partial charge in [-0.1, -0.05) is 247 Å². The summed E-state index contributed by atoms with van der Waals surface area (Å²) >= 11 is 0. The van der Waals surface area contributed by atoms with Crippen LogP contribution in [0.1, 0.15) is 310 Å². The van der Waals surface area contributed by atoms with Gasteiger partial charge in [0.05, 0.1) is 26.4 Å². The maximum absolute atomic E-state index is 13.0. The summed E-state index contributed by atoms with van der Waals surface area (Å²) in [6.07, 6.45) is 71.3.